The molecule has 33 heavy (non-hydrogen) atoms. The van der Waals surface area contributed by atoms with Crippen molar-refractivity contribution >= 4 is 22.7 Å². The predicted octanol–water partition coefficient (Wildman–Crippen LogP) is 5.56. The molecule has 1 N–H and O–H groups in total. The number of thioether (sulfide) groups is 1. The highest BCUT2D eigenvalue weighted by Crippen LogP contribution is 2.40. The highest BCUT2D eigenvalue weighted by atomic mass is 32.2. The molecule has 0 fully saturated rings. The molecule has 2 aromatic carbocycles. The molecule has 1 unspecified atom stereocenters. The maximum atomic E-state index is 13.4. The fourth-order valence-electron chi connectivity index (χ4n) is 3.60. The monoisotopic (exact) mass is 476 g/mol. The average Bonchev–Trinajstić information content (AvgIpc) is 3.26. The van der Waals surface area contributed by atoms with E-state index in [0.717, 1.165) is 33.3 Å². The largest absolute Gasteiger partial charge is 0.423 e. The summed E-state index contributed by atoms with van der Waals surface area (Å²) in [5, 5.41) is 19.1. The number of nitrogens with zero attached hydrogens (tertiary/aromatic N) is 4. The maximum absolute atomic E-state index is 13.4. The van der Waals surface area contributed by atoms with Gasteiger partial charge in [-0.1, -0.05) is 36.4 Å². The van der Waals surface area contributed by atoms with Crippen LogP contribution in [0.5, 0.6) is 0 Å². The van der Waals surface area contributed by atoms with Crippen molar-refractivity contribution in [3.63, 3.8) is 0 Å². The van der Waals surface area contributed by atoms with Gasteiger partial charge < -0.3 is 5.11 Å². The van der Waals surface area contributed by atoms with Gasteiger partial charge in [-0.3, -0.25) is 0 Å². The molecular formula is C23H20F4N4OS. The lowest BCUT2D eigenvalue weighted by atomic mass is 9.96. The Kier molecular flexibility index (Phi) is 6.15. The molecule has 4 rings (SSSR count). The van der Waals surface area contributed by atoms with Gasteiger partial charge in [-0.2, -0.15) is 13.2 Å². The molecule has 0 radical (unpaired) electrons. The van der Waals surface area contributed by atoms with Gasteiger partial charge >= 0.3 is 6.18 Å². The van der Waals surface area contributed by atoms with Gasteiger partial charge in [-0.05, 0) is 53.6 Å². The number of aromatic nitrogens is 4. The quantitative estimate of drug-likeness (QED) is 0.292. The van der Waals surface area contributed by atoms with Crippen LogP contribution >= 0.6 is 11.8 Å². The molecule has 10 heteroatoms. The smallest absolute Gasteiger partial charge is 0.375 e. The van der Waals surface area contributed by atoms with Gasteiger partial charge in [0.05, 0.1) is 23.3 Å². The van der Waals surface area contributed by atoms with Crippen LogP contribution in [0.2, 0.25) is 0 Å². The molecule has 2 heterocycles. The van der Waals surface area contributed by atoms with Crippen LogP contribution < -0.4 is 0 Å². The second kappa shape index (κ2) is 8.75. The lowest BCUT2D eigenvalue weighted by Crippen LogP contribution is -2.42. The Morgan fingerprint density at radius 1 is 1.06 bits per heavy atom. The SMILES string of the molecule is CCC(O)(c1cn(Cc2ccc3c(-c4ccc(F)cc4)cc(SC)nc3c2)nn1)C(F)(F)F. The summed E-state index contributed by atoms with van der Waals surface area (Å²) in [4.78, 5) is 4.64. The minimum atomic E-state index is -4.86. The number of alkyl halides is 3. The van der Waals surface area contributed by atoms with Crippen LogP contribution in [0.3, 0.4) is 0 Å². The van der Waals surface area contributed by atoms with Crippen LogP contribution in [0.25, 0.3) is 22.0 Å². The summed E-state index contributed by atoms with van der Waals surface area (Å²) in [5.41, 5.74) is -0.398. The molecule has 2 aromatic heterocycles. The molecule has 0 bridgehead atoms. The molecule has 5 nitrogen and oxygen atoms in total. The molecule has 0 aliphatic carbocycles. The van der Waals surface area contributed by atoms with E-state index in [4.69, 9.17) is 0 Å². The molecule has 0 saturated heterocycles. The number of halogens is 4. The number of benzene rings is 2. The van der Waals surface area contributed by atoms with E-state index < -0.39 is 23.9 Å². The molecule has 172 valence electrons. The Labute approximate surface area is 191 Å². The van der Waals surface area contributed by atoms with Gasteiger partial charge in [0.25, 0.3) is 0 Å². The van der Waals surface area contributed by atoms with E-state index in [1.54, 1.807) is 12.1 Å². The van der Waals surface area contributed by atoms with Crippen molar-refractivity contribution in [2.24, 2.45) is 0 Å². The van der Waals surface area contributed by atoms with Gasteiger partial charge in [0, 0.05) is 5.39 Å². The Morgan fingerprint density at radius 3 is 2.42 bits per heavy atom. The van der Waals surface area contributed by atoms with Crippen LogP contribution in [0.4, 0.5) is 17.6 Å². The van der Waals surface area contributed by atoms with E-state index in [1.165, 1.54) is 35.5 Å². The number of hydrogen-bond donors (Lipinski definition) is 1. The number of rotatable bonds is 6. The highest BCUT2D eigenvalue weighted by molar-refractivity contribution is 7.98. The zero-order valence-electron chi connectivity index (χ0n) is 17.8. The minimum absolute atomic E-state index is 0.150. The van der Waals surface area contributed by atoms with E-state index >= 15 is 0 Å². The van der Waals surface area contributed by atoms with Crippen molar-refractivity contribution in [3.05, 3.63) is 71.8 Å². The summed E-state index contributed by atoms with van der Waals surface area (Å²) in [6.45, 7) is 1.39. The molecule has 4 aromatic rings. The van der Waals surface area contributed by atoms with Crippen LogP contribution in [0.15, 0.2) is 59.8 Å². The Morgan fingerprint density at radius 2 is 1.79 bits per heavy atom. The first-order chi connectivity index (χ1) is 15.6. The summed E-state index contributed by atoms with van der Waals surface area (Å²) in [7, 11) is 0. The summed E-state index contributed by atoms with van der Waals surface area (Å²) in [6, 6.07) is 13.7. The summed E-state index contributed by atoms with van der Waals surface area (Å²) < 4.78 is 54.6. The third kappa shape index (κ3) is 4.45. The van der Waals surface area contributed by atoms with Crippen molar-refractivity contribution in [2.75, 3.05) is 6.26 Å². The summed E-state index contributed by atoms with van der Waals surface area (Å²) in [6.07, 6.45) is -2.42. The fourth-order valence-corrected chi connectivity index (χ4v) is 4.03. The maximum Gasteiger partial charge on any atom is 0.423 e. The molecule has 0 aliphatic heterocycles. The van der Waals surface area contributed by atoms with Crippen LogP contribution in [-0.2, 0) is 12.1 Å². The van der Waals surface area contributed by atoms with Gasteiger partial charge in [0.15, 0.2) is 0 Å². The first-order valence-corrected chi connectivity index (χ1v) is 11.3. The lowest BCUT2D eigenvalue weighted by Gasteiger charge is -2.26. The number of pyridine rings is 1. The lowest BCUT2D eigenvalue weighted by molar-refractivity contribution is -0.269. The normalized spacial score (nSPS) is 13.9. The molecule has 0 aliphatic rings. The van der Waals surface area contributed by atoms with Crippen molar-refractivity contribution < 1.29 is 22.7 Å². The molecule has 1 atom stereocenters. The van der Waals surface area contributed by atoms with E-state index in [9.17, 15) is 22.7 Å². The topological polar surface area (TPSA) is 63.8 Å². The number of aliphatic hydroxyl groups is 1. The first kappa shape index (κ1) is 23.2. The van der Waals surface area contributed by atoms with Crippen LogP contribution in [-0.4, -0.2) is 37.5 Å². The third-order valence-corrected chi connectivity index (χ3v) is 6.13. The zero-order chi connectivity index (χ0) is 23.8. The third-order valence-electron chi connectivity index (χ3n) is 5.50. The first-order valence-electron chi connectivity index (χ1n) is 10.1. The minimum Gasteiger partial charge on any atom is -0.375 e. The van der Waals surface area contributed by atoms with Gasteiger partial charge in [-0.15, -0.1) is 16.9 Å². The van der Waals surface area contributed by atoms with E-state index in [2.05, 4.69) is 15.3 Å². The molecule has 0 saturated carbocycles. The van der Waals surface area contributed by atoms with E-state index in [0.29, 0.717) is 5.52 Å². The summed E-state index contributed by atoms with van der Waals surface area (Å²) >= 11 is 1.47. The second-order valence-corrected chi connectivity index (χ2v) is 8.41. The second-order valence-electron chi connectivity index (χ2n) is 7.58. The Bertz CT molecular complexity index is 1290. The van der Waals surface area contributed by atoms with Gasteiger partial charge in [0.2, 0.25) is 5.60 Å². The van der Waals surface area contributed by atoms with Gasteiger partial charge in [0.1, 0.15) is 11.5 Å². The zero-order valence-corrected chi connectivity index (χ0v) is 18.6. The fraction of sp³-hybridized carbons (Fsp3) is 0.261. The Balaban J connectivity index is 1.70. The van der Waals surface area contributed by atoms with Crippen LogP contribution in [0.1, 0.15) is 24.6 Å². The standard InChI is InChI=1S/C23H20F4N4OS/c1-3-22(32,23(25,26)27)20-13-31(30-29-20)12-14-4-9-17-18(15-5-7-16(24)8-6-15)11-21(33-2)28-19(17)10-14/h4-11,13,32H,3,12H2,1-2H3. The molecular weight excluding hydrogens is 456 g/mol. The predicted molar refractivity (Wildman–Crippen MR) is 118 cm³/mol. The van der Waals surface area contributed by atoms with Gasteiger partial charge in [-0.25, -0.2) is 14.1 Å². The average molecular weight is 476 g/mol. The number of fused-ring (bicyclic) bond motifs is 1. The molecule has 0 amide bonds. The van der Waals surface area contributed by atoms with Crippen molar-refractivity contribution in [3.8, 4) is 11.1 Å². The van der Waals surface area contributed by atoms with Crippen LogP contribution in [0, 0.1) is 5.82 Å². The van der Waals surface area contributed by atoms with Crippen molar-refractivity contribution in [1.82, 2.24) is 20.0 Å². The van der Waals surface area contributed by atoms with E-state index in [1.807, 2.05) is 30.5 Å². The highest BCUT2D eigenvalue weighted by Gasteiger charge is 2.55. The van der Waals surface area contributed by atoms with Crippen molar-refractivity contribution in [1.29, 1.82) is 0 Å². The van der Waals surface area contributed by atoms with Crippen molar-refractivity contribution in [2.45, 2.75) is 36.7 Å². The number of hydrogen-bond acceptors (Lipinski definition) is 5. The molecule has 0 spiro atoms. The van der Waals surface area contributed by atoms with E-state index in [-0.39, 0.29) is 12.4 Å². The summed E-state index contributed by atoms with van der Waals surface area (Å²) in [5.74, 6) is -0.322. The Hall–Kier alpha value is -2.98.